The number of amides is 1. The van der Waals surface area contributed by atoms with Crippen LogP contribution < -0.4 is 9.46 Å². The molecule has 6 nitrogen and oxygen atoms in total. The van der Waals surface area contributed by atoms with Gasteiger partial charge in [0.1, 0.15) is 11.8 Å². The predicted molar refractivity (Wildman–Crippen MR) is 154 cm³/mol. The van der Waals surface area contributed by atoms with Crippen LogP contribution in [0.5, 0.6) is 5.75 Å². The zero-order valence-electron chi connectivity index (χ0n) is 22.3. The van der Waals surface area contributed by atoms with Gasteiger partial charge in [-0.3, -0.25) is 4.79 Å². The molecule has 0 saturated heterocycles. The van der Waals surface area contributed by atoms with E-state index in [-0.39, 0.29) is 17.2 Å². The molecule has 1 amide bonds. The maximum atomic E-state index is 14.2. The van der Waals surface area contributed by atoms with Gasteiger partial charge in [-0.05, 0) is 60.7 Å². The molecule has 1 unspecified atom stereocenters. The zero-order valence-corrected chi connectivity index (χ0v) is 23.1. The lowest BCUT2D eigenvalue weighted by atomic mass is 10.0. The van der Waals surface area contributed by atoms with Gasteiger partial charge in [-0.2, -0.15) is 4.72 Å². The van der Waals surface area contributed by atoms with Crippen molar-refractivity contribution in [2.45, 2.75) is 44.3 Å². The van der Waals surface area contributed by atoms with E-state index in [1.165, 1.54) is 6.07 Å². The number of nitrogens with zero attached hydrogens (tertiary/aromatic N) is 1. The molecule has 4 aromatic carbocycles. The van der Waals surface area contributed by atoms with Gasteiger partial charge in [0.25, 0.3) is 0 Å². The molecule has 39 heavy (non-hydrogen) atoms. The van der Waals surface area contributed by atoms with E-state index in [1.54, 1.807) is 24.0 Å². The molecule has 0 spiro atoms. The summed E-state index contributed by atoms with van der Waals surface area (Å²) < 4.78 is 35.5. The van der Waals surface area contributed by atoms with Crippen molar-refractivity contribution in [2.75, 3.05) is 6.61 Å². The normalized spacial score (nSPS) is 12.1. The number of nitrogens with one attached hydrogen (secondary N) is 1. The predicted octanol–water partition coefficient (Wildman–Crippen LogP) is 5.51. The number of aryl methyl sites for hydroxylation is 1. The average Bonchev–Trinajstić information content (AvgIpc) is 2.95. The molecule has 0 aliphatic heterocycles. The second-order valence-corrected chi connectivity index (χ2v) is 11.1. The lowest BCUT2D eigenvalue weighted by Gasteiger charge is -2.28. The number of carbonyl (C=O) groups excluding carboxylic acids is 1. The highest BCUT2D eigenvalue weighted by molar-refractivity contribution is 7.89. The van der Waals surface area contributed by atoms with Gasteiger partial charge in [0.05, 0.1) is 11.5 Å². The summed E-state index contributed by atoms with van der Waals surface area (Å²) in [5, 5.41) is 0. The Hall–Kier alpha value is -3.94. The SMILES string of the molecule is CCOc1ccc(S(=O)(=O)NC(Cc2ccccc2)C(=O)N(Cc2ccccc2)Cc2ccccc2)cc1C. The number of benzene rings is 4. The zero-order chi connectivity index (χ0) is 27.7. The van der Waals surface area contributed by atoms with Crippen LogP contribution in [0.2, 0.25) is 0 Å². The Labute approximate surface area is 231 Å². The summed E-state index contributed by atoms with van der Waals surface area (Å²) in [4.78, 5) is 16.0. The lowest BCUT2D eigenvalue weighted by molar-refractivity contribution is -0.134. The molecule has 202 valence electrons. The van der Waals surface area contributed by atoms with Crippen LogP contribution in [0.15, 0.2) is 114 Å². The van der Waals surface area contributed by atoms with E-state index in [4.69, 9.17) is 4.74 Å². The first-order chi connectivity index (χ1) is 18.9. The Morgan fingerprint density at radius 1 is 0.795 bits per heavy atom. The van der Waals surface area contributed by atoms with Crippen LogP contribution in [-0.2, 0) is 34.3 Å². The van der Waals surface area contributed by atoms with Crippen LogP contribution in [0, 0.1) is 6.92 Å². The van der Waals surface area contributed by atoms with E-state index in [1.807, 2.05) is 97.9 Å². The monoisotopic (exact) mass is 542 g/mol. The van der Waals surface area contributed by atoms with Crippen molar-refractivity contribution >= 4 is 15.9 Å². The number of ether oxygens (including phenoxy) is 1. The maximum absolute atomic E-state index is 14.2. The topological polar surface area (TPSA) is 75.7 Å². The van der Waals surface area contributed by atoms with E-state index in [9.17, 15) is 13.2 Å². The van der Waals surface area contributed by atoms with E-state index in [0.29, 0.717) is 31.0 Å². The van der Waals surface area contributed by atoms with E-state index >= 15 is 0 Å². The Morgan fingerprint density at radius 2 is 1.31 bits per heavy atom. The highest BCUT2D eigenvalue weighted by Crippen LogP contribution is 2.23. The second-order valence-electron chi connectivity index (χ2n) is 9.39. The van der Waals surface area contributed by atoms with Crippen LogP contribution in [0.4, 0.5) is 0 Å². The van der Waals surface area contributed by atoms with Crippen LogP contribution in [0.3, 0.4) is 0 Å². The summed E-state index contributed by atoms with van der Waals surface area (Å²) in [6, 6.07) is 32.6. The Bertz CT molecular complexity index is 1420. The molecule has 0 saturated carbocycles. The molecule has 1 N–H and O–H groups in total. The molecular weight excluding hydrogens is 508 g/mol. The minimum atomic E-state index is -4.01. The van der Waals surface area contributed by atoms with Gasteiger partial charge in [-0.15, -0.1) is 0 Å². The summed E-state index contributed by atoms with van der Waals surface area (Å²) in [5.74, 6) is 0.336. The third-order valence-electron chi connectivity index (χ3n) is 6.38. The van der Waals surface area contributed by atoms with Crippen molar-refractivity contribution < 1.29 is 17.9 Å². The summed E-state index contributed by atoms with van der Waals surface area (Å²) in [6.45, 7) is 4.87. The van der Waals surface area contributed by atoms with Crippen LogP contribution in [0.1, 0.15) is 29.2 Å². The van der Waals surface area contributed by atoms with Gasteiger partial charge in [0.2, 0.25) is 15.9 Å². The summed E-state index contributed by atoms with van der Waals surface area (Å²) >= 11 is 0. The van der Waals surface area contributed by atoms with Crippen molar-refractivity contribution in [3.8, 4) is 5.75 Å². The van der Waals surface area contributed by atoms with E-state index in [0.717, 1.165) is 16.7 Å². The first-order valence-electron chi connectivity index (χ1n) is 13.0. The van der Waals surface area contributed by atoms with Gasteiger partial charge < -0.3 is 9.64 Å². The molecule has 1 atom stereocenters. The van der Waals surface area contributed by atoms with Crippen molar-refractivity contribution in [1.82, 2.24) is 9.62 Å². The van der Waals surface area contributed by atoms with Crippen LogP contribution >= 0.6 is 0 Å². The highest BCUT2D eigenvalue weighted by atomic mass is 32.2. The number of hydrogen-bond donors (Lipinski definition) is 1. The second kappa shape index (κ2) is 13.2. The lowest BCUT2D eigenvalue weighted by Crippen LogP contribution is -2.49. The molecule has 0 radical (unpaired) electrons. The quantitative estimate of drug-likeness (QED) is 0.256. The molecule has 0 heterocycles. The van der Waals surface area contributed by atoms with Crippen molar-refractivity contribution in [2.24, 2.45) is 0 Å². The molecule has 0 aromatic heterocycles. The number of carbonyl (C=O) groups is 1. The summed E-state index contributed by atoms with van der Waals surface area (Å²) in [7, 11) is -4.01. The first-order valence-corrected chi connectivity index (χ1v) is 14.5. The Morgan fingerprint density at radius 3 is 1.79 bits per heavy atom. The smallest absolute Gasteiger partial charge is 0.241 e. The highest BCUT2D eigenvalue weighted by Gasteiger charge is 2.30. The van der Waals surface area contributed by atoms with Gasteiger partial charge in [-0.25, -0.2) is 8.42 Å². The molecule has 0 aliphatic rings. The first kappa shape index (κ1) is 28.1. The van der Waals surface area contributed by atoms with Crippen molar-refractivity contribution in [3.05, 3.63) is 131 Å². The third kappa shape index (κ3) is 7.78. The van der Waals surface area contributed by atoms with Gasteiger partial charge in [-0.1, -0.05) is 91.0 Å². The van der Waals surface area contributed by atoms with Crippen LogP contribution in [-0.4, -0.2) is 31.9 Å². The molecule has 0 aliphatic carbocycles. The van der Waals surface area contributed by atoms with Gasteiger partial charge in [0, 0.05) is 13.1 Å². The fraction of sp³-hybridized carbons (Fsp3) is 0.219. The minimum Gasteiger partial charge on any atom is -0.494 e. The molecular formula is C32H34N2O4S. The van der Waals surface area contributed by atoms with Crippen LogP contribution in [0.25, 0.3) is 0 Å². The largest absolute Gasteiger partial charge is 0.494 e. The average molecular weight is 543 g/mol. The number of hydrogen-bond acceptors (Lipinski definition) is 4. The summed E-state index contributed by atoms with van der Waals surface area (Å²) in [6.07, 6.45) is 0.217. The van der Waals surface area contributed by atoms with Gasteiger partial charge >= 0.3 is 0 Å². The van der Waals surface area contributed by atoms with Crippen molar-refractivity contribution in [1.29, 1.82) is 0 Å². The standard InChI is InChI=1S/C32H34N2O4S/c1-3-38-31-20-19-29(21-25(31)2)39(36,37)33-30(22-26-13-7-4-8-14-26)32(35)34(23-27-15-9-5-10-16-27)24-28-17-11-6-12-18-28/h4-21,30,33H,3,22-24H2,1-2H3. The van der Waals surface area contributed by atoms with E-state index < -0.39 is 16.1 Å². The molecule has 7 heteroatoms. The third-order valence-corrected chi connectivity index (χ3v) is 7.85. The molecule has 4 aromatic rings. The Kier molecular flexibility index (Phi) is 9.52. The molecule has 0 fully saturated rings. The van der Waals surface area contributed by atoms with Crippen molar-refractivity contribution in [3.63, 3.8) is 0 Å². The van der Waals surface area contributed by atoms with E-state index in [2.05, 4.69) is 4.72 Å². The summed E-state index contributed by atoms with van der Waals surface area (Å²) in [5.41, 5.74) is 3.50. The number of rotatable bonds is 12. The number of sulfonamides is 1. The fourth-order valence-electron chi connectivity index (χ4n) is 4.43. The Balaban J connectivity index is 1.67. The fourth-order valence-corrected chi connectivity index (χ4v) is 5.70. The molecule has 4 rings (SSSR count). The maximum Gasteiger partial charge on any atom is 0.241 e. The van der Waals surface area contributed by atoms with Gasteiger partial charge in [0.15, 0.2) is 0 Å². The molecule has 0 bridgehead atoms. The minimum absolute atomic E-state index is 0.0898.